The molecule has 0 saturated heterocycles. The predicted octanol–water partition coefficient (Wildman–Crippen LogP) is 12.9. The molecule has 1 heteroatoms. The summed E-state index contributed by atoms with van der Waals surface area (Å²) in [6.45, 7) is 29.4. The van der Waals surface area contributed by atoms with Gasteiger partial charge in [0.1, 0.15) is 0 Å². The first-order chi connectivity index (χ1) is 17.3. The molecule has 0 spiro atoms. The van der Waals surface area contributed by atoms with Crippen LogP contribution in [0.25, 0.3) is 0 Å². The molecule has 0 aromatic heterocycles. The second-order valence-electron chi connectivity index (χ2n) is 16.0. The Labute approximate surface area is 242 Å². The fourth-order valence-corrected chi connectivity index (χ4v) is 11.8. The van der Waals surface area contributed by atoms with Crippen molar-refractivity contribution in [1.29, 1.82) is 0 Å². The molecule has 0 nitrogen and oxygen atoms in total. The zero-order chi connectivity index (χ0) is 28.4. The van der Waals surface area contributed by atoms with Crippen molar-refractivity contribution in [2.75, 3.05) is 0 Å². The maximum Gasteiger partial charge on any atom is 0.262 e. The topological polar surface area (TPSA) is 0 Å². The molecule has 0 aromatic carbocycles. The van der Waals surface area contributed by atoms with Crippen LogP contribution in [0.5, 0.6) is 0 Å². The number of rotatable bonds is 24. The molecule has 3 unspecified atom stereocenters. The summed E-state index contributed by atoms with van der Waals surface area (Å²) in [5.74, 6) is 8.15. The van der Waals surface area contributed by atoms with Crippen molar-refractivity contribution in [2.45, 2.75) is 176 Å². The molecule has 0 fully saturated rings. The number of hydrogen-bond acceptors (Lipinski definition) is 0. The van der Waals surface area contributed by atoms with E-state index in [-0.39, 0.29) is 0 Å². The van der Waals surface area contributed by atoms with Gasteiger partial charge >= 0.3 is 0 Å². The van der Waals surface area contributed by atoms with Crippen LogP contribution in [0.3, 0.4) is 0 Å². The zero-order valence-electron chi connectivity index (χ0n) is 28.4. The average molecular weight is 535 g/mol. The molecule has 0 N–H and O–H groups in total. The lowest BCUT2D eigenvalue weighted by Gasteiger charge is -2.30. The molecular formula is C36H75Al. The van der Waals surface area contributed by atoms with E-state index < -0.39 is 14.1 Å². The SMILES string of the molecule is CC(C)CCCC(CC(C)C)[CH2][Al]([CH2]C(CCCC(C)C)CC(C)C)[CH2]C(CCCC(C)C)CC(C)C. The van der Waals surface area contributed by atoms with Crippen LogP contribution in [0.2, 0.25) is 15.8 Å². The van der Waals surface area contributed by atoms with Gasteiger partial charge in [-0.05, 0) is 54.8 Å². The first-order valence-electron chi connectivity index (χ1n) is 17.3. The summed E-state index contributed by atoms with van der Waals surface area (Å²) in [7, 11) is 0. The standard InChI is InChI=1S/3C12H25.Al/c3*1-10(2)7-6-8-12(5)9-11(3)4;/h3*10-12H,5-9H2,1-4H3;. The molecule has 0 amide bonds. The minimum atomic E-state index is -0.786. The van der Waals surface area contributed by atoms with E-state index >= 15 is 0 Å². The van der Waals surface area contributed by atoms with Crippen LogP contribution >= 0.6 is 0 Å². The third-order valence-corrected chi connectivity index (χ3v) is 12.6. The first kappa shape index (κ1) is 37.5. The summed E-state index contributed by atoms with van der Waals surface area (Å²) in [6, 6.07) is 0. The van der Waals surface area contributed by atoms with E-state index in [0.717, 1.165) is 53.3 Å². The molecule has 0 aliphatic carbocycles. The van der Waals surface area contributed by atoms with Gasteiger partial charge in [-0.25, -0.2) is 0 Å². The highest BCUT2D eigenvalue weighted by molar-refractivity contribution is 6.59. The second-order valence-corrected chi connectivity index (χ2v) is 19.2. The van der Waals surface area contributed by atoms with E-state index in [1.807, 2.05) is 0 Å². The van der Waals surface area contributed by atoms with Gasteiger partial charge in [0.2, 0.25) is 0 Å². The lowest BCUT2D eigenvalue weighted by molar-refractivity contribution is 0.364. The van der Waals surface area contributed by atoms with Crippen molar-refractivity contribution in [3.05, 3.63) is 0 Å². The normalized spacial score (nSPS) is 15.1. The molecule has 222 valence electrons. The molecule has 37 heavy (non-hydrogen) atoms. The first-order valence-corrected chi connectivity index (χ1v) is 19.7. The highest BCUT2D eigenvalue weighted by Crippen LogP contribution is 2.35. The summed E-state index contributed by atoms with van der Waals surface area (Å²) >= 11 is -0.786. The van der Waals surface area contributed by atoms with E-state index in [1.54, 1.807) is 15.8 Å². The quantitative estimate of drug-likeness (QED) is 0.108. The van der Waals surface area contributed by atoms with Crippen LogP contribution in [0, 0.1) is 53.3 Å². The monoisotopic (exact) mass is 535 g/mol. The van der Waals surface area contributed by atoms with Crippen LogP contribution < -0.4 is 0 Å². The number of hydrogen-bond donors (Lipinski definition) is 0. The highest BCUT2D eigenvalue weighted by atomic mass is 27.2. The van der Waals surface area contributed by atoms with Crippen LogP contribution in [-0.2, 0) is 0 Å². The molecule has 0 saturated carbocycles. The Balaban J connectivity index is 5.67. The van der Waals surface area contributed by atoms with Crippen molar-refractivity contribution in [2.24, 2.45) is 53.3 Å². The van der Waals surface area contributed by atoms with Gasteiger partial charge in [0.25, 0.3) is 14.1 Å². The largest absolute Gasteiger partial charge is 0.262 e. The molecule has 0 rings (SSSR count). The van der Waals surface area contributed by atoms with Crippen LogP contribution in [0.4, 0.5) is 0 Å². The summed E-state index contributed by atoms with van der Waals surface area (Å²) < 4.78 is 0. The van der Waals surface area contributed by atoms with Gasteiger partial charge in [-0.15, -0.1) is 0 Å². The third kappa shape index (κ3) is 24.1. The molecule has 0 radical (unpaired) electrons. The molecule has 3 atom stereocenters. The minimum Gasteiger partial charge on any atom is -0.0910 e. The molecule has 0 heterocycles. The van der Waals surface area contributed by atoms with E-state index in [1.165, 1.54) is 77.0 Å². The fourth-order valence-electron chi connectivity index (χ4n) is 7.14. The molecule has 0 aliphatic rings. The molecular weight excluding hydrogens is 459 g/mol. The average Bonchev–Trinajstić information content (AvgIpc) is 2.71. The Morgan fingerprint density at radius 3 is 0.757 bits per heavy atom. The van der Waals surface area contributed by atoms with E-state index in [0.29, 0.717) is 0 Å². The Hall–Kier alpha value is 0.532. The van der Waals surface area contributed by atoms with Gasteiger partial charge < -0.3 is 0 Å². The van der Waals surface area contributed by atoms with Crippen molar-refractivity contribution >= 4 is 14.1 Å². The Bertz CT molecular complexity index is 418. The lowest BCUT2D eigenvalue weighted by atomic mass is 9.92. The highest BCUT2D eigenvalue weighted by Gasteiger charge is 2.29. The van der Waals surface area contributed by atoms with E-state index in [2.05, 4.69) is 83.1 Å². The van der Waals surface area contributed by atoms with Gasteiger partial charge in [0.15, 0.2) is 0 Å². The second kappa shape index (κ2) is 22.2. The van der Waals surface area contributed by atoms with E-state index in [9.17, 15) is 0 Å². The van der Waals surface area contributed by atoms with Crippen LogP contribution in [-0.4, -0.2) is 14.1 Å². The maximum absolute atomic E-state index is 2.48. The lowest BCUT2D eigenvalue weighted by Crippen LogP contribution is -2.26. The summed E-state index contributed by atoms with van der Waals surface area (Å²) in [4.78, 5) is 0. The fraction of sp³-hybridized carbons (Fsp3) is 1.00. The van der Waals surface area contributed by atoms with Crippen molar-refractivity contribution in [3.8, 4) is 0 Å². The van der Waals surface area contributed by atoms with Crippen LogP contribution in [0.15, 0.2) is 0 Å². The molecule has 0 aliphatic heterocycles. The zero-order valence-corrected chi connectivity index (χ0v) is 29.5. The van der Waals surface area contributed by atoms with Gasteiger partial charge in [-0.3, -0.25) is 0 Å². The Morgan fingerprint density at radius 1 is 0.324 bits per heavy atom. The van der Waals surface area contributed by atoms with Gasteiger partial charge in [-0.1, -0.05) is 174 Å². The summed E-state index contributed by atoms with van der Waals surface area (Å²) in [5.41, 5.74) is 0. The maximum atomic E-state index is 2.48. The van der Waals surface area contributed by atoms with E-state index in [4.69, 9.17) is 0 Å². The Morgan fingerprint density at radius 2 is 0.568 bits per heavy atom. The predicted molar refractivity (Wildman–Crippen MR) is 175 cm³/mol. The smallest absolute Gasteiger partial charge is 0.0910 e. The Kier molecular flexibility index (Phi) is 22.6. The summed E-state index contributed by atoms with van der Waals surface area (Å²) in [5, 5.41) is 4.94. The third-order valence-electron chi connectivity index (χ3n) is 8.60. The molecule has 0 bridgehead atoms. The van der Waals surface area contributed by atoms with Gasteiger partial charge in [0.05, 0.1) is 0 Å². The van der Waals surface area contributed by atoms with Crippen LogP contribution in [0.1, 0.15) is 160 Å². The van der Waals surface area contributed by atoms with Crippen molar-refractivity contribution in [3.63, 3.8) is 0 Å². The summed E-state index contributed by atoms with van der Waals surface area (Å²) in [6.07, 6.45) is 17.6. The molecule has 0 aromatic rings. The van der Waals surface area contributed by atoms with Crippen molar-refractivity contribution in [1.82, 2.24) is 0 Å². The van der Waals surface area contributed by atoms with Gasteiger partial charge in [-0.2, -0.15) is 0 Å². The van der Waals surface area contributed by atoms with Crippen molar-refractivity contribution < 1.29 is 0 Å². The minimum absolute atomic E-state index is 0.786. The van der Waals surface area contributed by atoms with Gasteiger partial charge in [0, 0.05) is 0 Å².